The number of benzene rings is 2. The molecule has 3 nitrogen and oxygen atoms in total. The lowest BCUT2D eigenvalue weighted by molar-refractivity contribution is 0.309. The Morgan fingerprint density at radius 3 is 2.88 bits per heavy atom. The molecule has 1 aliphatic rings. The molecule has 1 aromatic heterocycles. The lowest BCUT2D eigenvalue weighted by Crippen LogP contribution is -2.16. The summed E-state index contributed by atoms with van der Waals surface area (Å²) >= 11 is 2.34. The van der Waals surface area contributed by atoms with E-state index in [1.54, 1.807) is 0 Å². The molecule has 0 bridgehead atoms. The van der Waals surface area contributed by atoms with E-state index in [0.717, 1.165) is 51.1 Å². The quantitative estimate of drug-likeness (QED) is 0.425. The van der Waals surface area contributed by atoms with Crippen LogP contribution in [-0.2, 0) is 19.3 Å². The van der Waals surface area contributed by atoms with Crippen LogP contribution in [-0.4, -0.2) is 24.7 Å². The van der Waals surface area contributed by atoms with Gasteiger partial charge in [0, 0.05) is 33.1 Å². The third kappa shape index (κ3) is 3.76. The summed E-state index contributed by atoms with van der Waals surface area (Å²) in [7, 11) is 0. The van der Waals surface area contributed by atoms with Crippen LogP contribution in [0, 0.1) is 10.5 Å². The van der Waals surface area contributed by atoms with Crippen LogP contribution in [0.2, 0.25) is 0 Å². The minimum absolute atomic E-state index is 0.756. The largest absolute Gasteiger partial charge is 0.493 e. The highest BCUT2D eigenvalue weighted by molar-refractivity contribution is 14.1. The van der Waals surface area contributed by atoms with Crippen LogP contribution in [0.4, 0.5) is 0 Å². The average Bonchev–Trinajstić information content (AvgIpc) is 2.82. The number of nitrogens with one attached hydrogen (secondary N) is 2. The van der Waals surface area contributed by atoms with Gasteiger partial charge in [-0.25, -0.2) is 0 Å². The molecule has 0 radical (unpaired) electrons. The van der Waals surface area contributed by atoms with E-state index in [9.17, 15) is 0 Å². The zero-order chi connectivity index (χ0) is 17.9. The molecule has 0 spiro atoms. The van der Waals surface area contributed by atoms with Crippen LogP contribution in [0.3, 0.4) is 0 Å². The third-order valence-electron chi connectivity index (χ3n) is 5.19. The average molecular weight is 460 g/mol. The summed E-state index contributed by atoms with van der Waals surface area (Å²) in [6.45, 7) is 5.01. The van der Waals surface area contributed by atoms with Gasteiger partial charge in [-0.15, -0.1) is 0 Å². The molecule has 0 saturated heterocycles. The monoisotopic (exact) mass is 460 g/mol. The highest BCUT2D eigenvalue weighted by Crippen LogP contribution is 2.29. The van der Waals surface area contributed by atoms with Crippen molar-refractivity contribution in [1.82, 2.24) is 10.3 Å². The van der Waals surface area contributed by atoms with E-state index < -0.39 is 0 Å². The second-order valence-electron chi connectivity index (χ2n) is 7.03. The van der Waals surface area contributed by atoms with Gasteiger partial charge in [0.15, 0.2) is 0 Å². The Morgan fingerprint density at radius 1 is 1.12 bits per heavy atom. The molecule has 0 aliphatic carbocycles. The number of ether oxygens (including phenoxy) is 1. The van der Waals surface area contributed by atoms with Crippen LogP contribution < -0.4 is 10.1 Å². The Balaban J connectivity index is 1.46. The van der Waals surface area contributed by atoms with E-state index in [0.29, 0.717) is 0 Å². The molecule has 26 heavy (non-hydrogen) atoms. The maximum absolute atomic E-state index is 6.02. The number of H-pyrrole nitrogens is 1. The summed E-state index contributed by atoms with van der Waals surface area (Å²) in [6, 6.07) is 13.0. The molecule has 0 saturated carbocycles. The Hall–Kier alpha value is -1.53. The molecule has 136 valence electrons. The van der Waals surface area contributed by atoms with Gasteiger partial charge >= 0.3 is 0 Å². The zero-order valence-electron chi connectivity index (χ0n) is 15.2. The standard InChI is InChI=1S/C22H25IN2O/c1-15-14-17(23)7-8-21(15)26-13-3-5-16-4-2-6-20-22(16)18-9-11-24-12-10-19(18)25-20/h2,4,6-8,14,24-25H,3,5,9-13H2,1H3. The smallest absolute Gasteiger partial charge is 0.122 e. The van der Waals surface area contributed by atoms with Gasteiger partial charge in [0.1, 0.15) is 5.75 Å². The summed E-state index contributed by atoms with van der Waals surface area (Å²) in [5.74, 6) is 1.00. The SMILES string of the molecule is Cc1cc(I)ccc1OCCCc1cccc2[nH]c3c(c12)CCNCC3. The molecule has 0 atom stereocenters. The van der Waals surface area contributed by atoms with Crippen molar-refractivity contribution in [2.75, 3.05) is 19.7 Å². The molecule has 0 unspecified atom stereocenters. The predicted molar refractivity (Wildman–Crippen MR) is 116 cm³/mol. The van der Waals surface area contributed by atoms with E-state index >= 15 is 0 Å². The molecule has 1 aliphatic heterocycles. The number of rotatable bonds is 5. The lowest BCUT2D eigenvalue weighted by atomic mass is 9.99. The van der Waals surface area contributed by atoms with Crippen molar-refractivity contribution < 1.29 is 4.74 Å². The van der Waals surface area contributed by atoms with Crippen molar-refractivity contribution in [1.29, 1.82) is 0 Å². The molecule has 4 rings (SSSR count). The first kappa shape index (κ1) is 17.9. The maximum atomic E-state index is 6.02. The van der Waals surface area contributed by atoms with E-state index in [1.807, 2.05) is 0 Å². The van der Waals surface area contributed by atoms with Crippen molar-refractivity contribution in [2.45, 2.75) is 32.6 Å². The van der Waals surface area contributed by atoms with Crippen LogP contribution >= 0.6 is 22.6 Å². The summed E-state index contributed by atoms with van der Waals surface area (Å²) in [4.78, 5) is 3.65. The van der Waals surface area contributed by atoms with Gasteiger partial charge in [-0.1, -0.05) is 12.1 Å². The Morgan fingerprint density at radius 2 is 2.00 bits per heavy atom. The number of halogens is 1. The maximum Gasteiger partial charge on any atom is 0.122 e. The van der Waals surface area contributed by atoms with Crippen molar-refractivity contribution in [2.24, 2.45) is 0 Å². The van der Waals surface area contributed by atoms with Gasteiger partial charge in [-0.3, -0.25) is 0 Å². The number of fused-ring (bicyclic) bond motifs is 3. The number of hydrogen-bond donors (Lipinski definition) is 2. The number of aryl methyl sites for hydroxylation is 2. The number of aromatic amines is 1. The Bertz CT molecular complexity index is 916. The van der Waals surface area contributed by atoms with Crippen LogP contribution in [0.5, 0.6) is 5.75 Å². The minimum Gasteiger partial charge on any atom is -0.493 e. The molecule has 0 amide bonds. The molecule has 2 N–H and O–H groups in total. The van der Waals surface area contributed by atoms with Crippen molar-refractivity contribution in [3.05, 3.63) is 62.4 Å². The van der Waals surface area contributed by atoms with Crippen molar-refractivity contribution in [3.8, 4) is 5.75 Å². The Labute approximate surface area is 168 Å². The molecule has 2 heterocycles. The molecular weight excluding hydrogens is 435 g/mol. The first-order valence-electron chi connectivity index (χ1n) is 9.43. The minimum atomic E-state index is 0.756. The van der Waals surface area contributed by atoms with Crippen LogP contribution in [0.15, 0.2) is 36.4 Å². The van der Waals surface area contributed by atoms with Crippen molar-refractivity contribution >= 4 is 33.5 Å². The lowest BCUT2D eigenvalue weighted by Gasteiger charge is -2.10. The van der Waals surface area contributed by atoms with Gasteiger partial charge in [-0.2, -0.15) is 0 Å². The van der Waals surface area contributed by atoms with Gasteiger partial charge in [0.05, 0.1) is 6.61 Å². The predicted octanol–water partition coefficient (Wildman–Crippen LogP) is 4.78. The summed E-state index contributed by atoms with van der Waals surface area (Å²) in [5.41, 5.74) is 6.90. The highest BCUT2D eigenvalue weighted by atomic mass is 127. The van der Waals surface area contributed by atoms with Gasteiger partial charge in [0.25, 0.3) is 0 Å². The Kier molecular flexibility index (Phi) is 5.50. The summed E-state index contributed by atoms with van der Waals surface area (Å²) in [6.07, 6.45) is 4.30. The van der Waals surface area contributed by atoms with E-state index in [-0.39, 0.29) is 0 Å². The van der Waals surface area contributed by atoms with E-state index in [1.165, 1.54) is 36.9 Å². The van der Waals surface area contributed by atoms with Crippen molar-refractivity contribution in [3.63, 3.8) is 0 Å². The zero-order valence-corrected chi connectivity index (χ0v) is 17.4. The fourth-order valence-electron chi connectivity index (χ4n) is 3.92. The molecule has 3 aromatic rings. The van der Waals surface area contributed by atoms with E-state index in [2.05, 4.69) is 76.2 Å². The van der Waals surface area contributed by atoms with Gasteiger partial charge < -0.3 is 15.0 Å². The first-order valence-corrected chi connectivity index (χ1v) is 10.5. The topological polar surface area (TPSA) is 37.0 Å². The van der Waals surface area contributed by atoms with Gasteiger partial charge in [-0.05, 0) is 96.3 Å². The second kappa shape index (κ2) is 8.01. The summed E-state index contributed by atoms with van der Waals surface area (Å²) < 4.78 is 7.27. The van der Waals surface area contributed by atoms with Crippen LogP contribution in [0.25, 0.3) is 10.9 Å². The van der Waals surface area contributed by atoms with E-state index in [4.69, 9.17) is 4.74 Å². The summed E-state index contributed by atoms with van der Waals surface area (Å²) in [5, 5.41) is 4.96. The highest BCUT2D eigenvalue weighted by Gasteiger charge is 2.16. The fraction of sp³-hybridized carbons (Fsp3) is 0.364. The number of hydrogen-bond acceptors (Lipinski definition) is 2. The van der Waals surface area contributed by atoms with Crippen LogP contribution in [0.1, 0.15) is 28.8 Å². The second-order valence-corrected chi connectivity index (χ2v) is 8.28. The number of aromatic nitrogens is 1. The first-order chi connectivity index (χ1) is 12.7. The van der Waals surface area contributed by atoms with Gasteiger partial charge in [0.2, 0.25) is 0 Å². The normalized spacial score (nSPS) is 14.2. The third-order valence-corrected chi connectivity index (χ3v) is 5.86. The molecule has 4 heteroatoms. The molecule has 0 fully saturated rings. The fourth-order valence-corrected chi connectivity index (χ4v) is 4.57. The molecular formula is C22H25IN2O. The molecule has 2 aromatic carbocycles.